The summed E-state index contributed by atoms with van der Waals surface area (Å²) in [7, 11) is 0. The number of benzene rings is 11. The lowest BCUT2D eigenvalue weighted by Gasteiger charge is -2.25. The van der Waals surface area contributed by atoms with Gasteiger partial charge >= 0.3 is 0 Å². The molecule has 0 aliphatic heterocycles. The Kier molecular flexibility index (Phi) is 9.52. The summed E-state index contributed by atoms with van der Waals surface area (Å²) in [5.41, 5.74) is 14.1. The molecule has 8 heteroatoms. The van der Waals surface area contributed by atoms with E-state index in [1.54, 1.807) is 0 Å². The van der Waals surface area contributed by atoms with Gasteiger partial charge in [-0.3, -0.25) is 0 Å². The molecule has 0 bridgehead atoms. The Morgan fingerprint density at radius 3 is 1.01 bits per heavy atom. The largest absolute Gasteiger partial charge is 0.455 e. The fourth-order valence-corrected chi connectivity index (χ4v) is 11.7. The second-order valence-corrected chi connectivity index (χ2v) is 19.0. The van der Waals surface area contributed by atoms with Crippen LogP contribution in [0, 0.1) is 22.7 Å². The van der Waals surface area contributed by atoms with Crippen molar-refractivity contribution in [2.24, 2.45) is 0 Å². The molecule has 0 atom stereocenters. The average molecular weight is 973 g/mol. The first-order valence-electron chi connectivity index (χ1n) is 25.2. The molecule has 15 rings (SSSR count). The lowest BCUT2D eigenvalue weighted by molar-refractivity contribution is 0.672. The van der Waals surface area contributed by atoms with Crippen molar-refractivity contribution in [3.05, 3.63) is 254 Å². The first-order chi connectivity index (χ1) is 37.6. The molecule has 11 aromatic carbocycles. The Balaban J connectivity index is 0.992. The standard InChI is InChI=1S/C68H40N6O2/c69-41-55-56(42-70)60(74-58-34-30-48(72(45-21-9-3-10-22-45)46-23-11-4-12-24-46)40-54(58)66-62(74)36-32-52-50-26-14-16-28-64(50)76-68(52)66)38-37-59(55)73-57-33-29-47(71(43-17-5-1-6-18-43)44-19-7-2-8-20-44)39-53(57)65-61(73)35-31-51-49-25-13-15-27-63(49)75-67(51)65/h1-40H. The maximum Gasteiger partial charge on any atom is 0.145 e. The highest BCUT2D eigenvalue weighted by Gasteiger charge is 2.27. The fourth-order valence-electron chi connectivity index (χ4n) is 11.7. The molecule has 0 saturated heterocycles. The minimum Gasteiger partial charge on any atom is -0.455 e. The number of hydrogen-bond donors (Lipinski definition) is 0. The molecule has 8 nitrogen and oxygen atoms in total. The summed E-state index contributed by atoms with van der Waals surface area (Å²) in [5, 5.41) is 30.8. The van der Waals surface area contributed by atoms with Crippen LogP contribution in [0.2, 0.25) is 0 Å². The van der Waals surface area contributed by atoms with E-state index in [0.717, 1.165) is 122 Å². The summed E-state index contributed by atoms with van der Waals surface area (Å²) >= 11 is 0. The van der Waals surface area contributed by atoms with Crippen LogP contribution in [0.3, 0.4) is 0 Å². The monoisotopic (exact) mass is 972 g/mol. The van der Waals surface area contributed by atoms with E-state index >= 15 is 0 Å². The molecule has 15 aromatic rings. The Morgan fingerprint density at radius 1 is 0.303 bits per heavy atom. The third-order valence-corrected chi connectivity index (χ3v) is 15.0. The molecule has 0 radical (unpaired) electrons. The summed E-state index contributed by atoms with van der Waals surface area (Å²) in [5.74, 6) is 0. The fraction of sp³-hybridized carbons (Fsp3) is 0. The van der Waals surface area contributed by atoms with Crippen molar-refractivity contribution in [2.45, 2.75) is 0 Å². The van der Waals surface area contributed by atoms with Crippen LogP contribution in [0.4, 0.5) is 34.1 Å². The molecular weight excluding hydrogens is 933 g/mol. The molecule has 0 saturated carbocycles. The maximum atomic E-state index is 11.5. The quantitative estimate of drug-likeness (QED) is 0.151. The van der Waals surface area contributed by atoms with Gasteiger partial charge in [0.2, 0.25) is 0 Å². The van der Waals surface area contributed by atoms with Crippen LogP contribution in [0.5, 0.6) is 0 Å². The number of nitriles is 2. The van der Waals surface area contributed by atoms with Gasteiger partial charge in [-0.1, -0.05) is 109 Å². The van der Waals surface area contributed by atoms with Gasteiger partial charge in [0.25, 0.3) is 0 Å². The lowest BCUT2D eigenvalue weighted by Crippen LogP contribution is -2.09. The second-order valence-electron chi connectivity index (χ2n) is 19.0. The first kappa shape index (κ1) is 42.8. The third-order valence-electron chi connectivity index (χ3n) is 15.0. The van der Waals surface area contributed by atoms with E-state index in [0.29, 0.717) is 11.4 Å². The highest BCUT2D eigenvalue weighted by Crippen LogP contribution is 2.47. The SMILES string of the molecule is N#Cc1c(-n2c3ccc(N(c4ccccc4)c4ccccc4)cc3c3c4oc5ccccc5c4ccc32)ccc(-n2c3ccc(N(c4ccccc4)c4ccccc4)cc3c3c4oc5ccccc5c4ccc32)c1C#N. The second kappa shape index (κ2) is 16.9. The molecule has 0 amide bonds. The topological polar surface area (TPSA) is 90.2 Å². The van der Waals surface area contributed by atoms with E-state index in [9.17, 15) is 10.5 Å². The van der Waals surface area contributed by atoms with Gasteiger partial charge in [-0.15, -0.1) is 0 Å². The van der Waals surface area contributed by atoms with Crippen LogP contribution in [0.25, 0.3) is 98.9 Å². The van der Waals surface area contributed by atoms with Crippen LogP contribution in [0.15, 0.2) is 251 Å². The number of hydrogen-bond acceptors (Lipinski definition) is 6. The molecule has 0 unspecified atom stereocenters. The van der Waals surface area contributed by atoms with Crippen molar-refractivity contribution in [1.29, 1.82) is 10.5 Å². The first-order valence-corrected chi connectivity index (χ1v) is 25.2. The Hall–Kier alpha value is -10.8. The molecule has 0 spiro atoms. The van der Waals surface area contributed by atoms with Crippen molar-refractivity contribution >= 4 is 122 Å². The average Bonchev–Trinajstić information content (AvgIpc) is 4.30. The molecule has 354 valence electrons. The number of aromatic nitrogens is 2. The Morgan fingerprint density at radius 2 is 0.645 bits per heavy atom. The van der Waals surface area contributed by atoms with Gasteiger partial charge < -0.3 is 27.8 Å². The molecular formula is C68H40N6O2. The molecule has 0 aliphatic rings. The number of rotatable bonds is 8. The van der Waals surface area contributed by atoms with Gasteiger partial charge in [-0.25, -0.2) is 0 Å². The van der Waals surface area contributed by atoms with Gasteiger partial charge in [0.1, 0.15) is 34.5 Å². The lowest BCUT2D eigenvalue weighted by atomic mass is 10.0. The van der Waals surface area contributed by atoms with Crippen molar-refractivity contribution in [1.82, 2.24) is 9.13 Å². The highest BCUT2D eigenvalue weighted by atomic mass is 16.3. The van der Waals surface area contributed by atoms with E-state index in [1.165, 1.54) is 0 Å². The van der Waals surface area contributed by atoms with Crippen LogP contribution in [-0.4, -0.2) is 9.13 Å². The number of nitrogens with zero attached hydrogens (tertiary/aromatic N) is 6. The van der Waals surface area contributed by atoms with E-state index in [4.69, 9.17) is 8.83 Å². The van der Waals surface area contributed by atoms with Crippen molar-refractivity contribution in [2.75, 3.05) is 9.80 Å². The predicted octanol–water partition coefficient (Wildman–Crippen LogP) is 18.4. The van der Waals surface area contributed by atoms with E-state index in [2.05, 4.69) is 201 Å². The normalized spacial score (nSPS) is 11.7. The van der Waals surface area contributed by atoms with Crippen molar-refractivity contribution in [3.63, 3.8) is 0 Å². The van der Waals surface area contributed by atoms with Crippen LogP contribution in [0.1, 0.15) is 11.1 Å². The molecule has 0 N–H and O–H groups in total. The summed E-state index contributed by atoms with van der Waals surface area (Å²) in [6, 6.07) is 88.1. The van der Waals surface area contributed by atoms with Gasteiger partial charge in [-0.2, -0.15) is 10.5 Å². The zero-order valence-electron chi connectivity index (χ0n) is 40.6. The summed E-state index contributed by atoms with van der Waals surface area (Å²) in [4.78, 5) is 4.50. The summed E-state index contributed by atoms with van der Waals surface area (Å²) < 4.78 is 17.9. The summed E-state index contributed by atoms with van der Waals surface area (Å²) in [6.45, 7) is 0. The van der Waals surface area contributed by atoms with Crippen LogP contribution >= 0.6 is 0 Å². The number of fused-ring (bicyclic) bond motifs is 14. The molecule has 76 heavy (non-hydrogen) atoms. The Bertz CT molecular complexity index is 4510. The number of anilines is 6. The highest BCUT2D eigenvalue weighted by molar-refractivity contribution is 6.26. The number of para-hydroxylation sites is 6. The van der Waals surface area contributed by atoms with Gasteiger partial charge in [0, 0.05) is 66.4 Å². The molecule has 4 heterocycles. The van der Waals surface area contributed by atoms with E-state index < -0.39 is 0 Å². The van der Waals surface area contributed by atoms with E-state index in [-0.39, 0.29) is 11.1 Å². The molecule has 4 aromatic heterocycles. The third kappa shape index (κ3) is 6.35. The van der Waals surface area contributed by atoms with Crippen molar-refractivity contribution in [3.8, 4) is 23.5 Å². The Labute approximate surface area is 435 Å². The van der Waals surface area contributed by atoms with Gasteiger partial charge in [0.15, 0.2) is 0 Å². The maximum absolute atomic E-state index is 11.5. The van der Waals surface area contributed by atoms with Crippen LogP contribution in [-0.2, 0) is 0 Å². The van der Waals surface area contributed by atoms with Crippen LogP contribution < -0.4 is 9.80 Å². The molecule has 0 fully saturated rings. The molecule has 0 aliphatic carbocycles. The zero-order valence-corrected chi connectivity index (χ0v) is 40.6. The van der Waals surface area contributed by atoms with Gasteiger partial charge in [-0.05, 0) is 133 Å². The van der Waals surface area contributed by atoms with Crippen molar-refractivity contribution < 1.29 is 8.83 Å². The smallest absolute Gasteiger partial charge is 0.145 e. The van der Waals surface area contributed by atoms with Gasteiger partial charge in [0.05, 0.1) is 55.3 Å². The number of furan rings is 2. The minimum absolute atomic E-state index is 0.249. The zero-order chi connectivity index (χ0) is 50.4. The summed E-state index contributed by atoms with van der Waals surface area (Å²) in [6.07, 6.45) is 0. The minimum atomic E-state index is 0.249. The van der Waals surface area contributed by atoms with E-state index in [1.807, 2.05) is 72.8 Å². The predicted molar refractivity (Wildman–Crippen MR) is 308 cm³/mol.